The smallest absolute Gasteiger partial charge is 0.0494 e. The normalized spacial score (nSPS) is 25.9. The van der Waals surface area contributed by atoms with Crippen molar-refractivity contribution in [1.82, 2.24) is 5.32 Å². The Balaban J connectivity index is 1.96. The maximum absolute atomic E-state index is 8.94. The number of aliphatic hydroxyl groups excluding tert-OH is 1. The summed E-state index contributed by atoms with van der Waals surface area (Å²) in [5.41, 5.74) is 0. The van der Waals surface area contributed by atoms with E-state index in [1.54, 1.807) is 0 Å². The van der Waals surface area contributed by atoms with Crippen molar-refractivity contribution >= 4 is 11.8 Å². The third-order valence-corrected chi connectivity index (χ3v) is 3.47. The number of nitrogens with one attached hydrogen (secondary N) is 1. The molecule has 2 N–H and O–H groups in total. The molecule has 1 aliphatic carbocycles. The summed E-state index contributed by atoms with van der Waals surface area (Å²) in [6, 6.07) is 0.499. The second-order valence-electron chi connectivity index (χ2n) is 3.67. The largest absolute Gasteiger partial charge is 0.396 e. The third-order valence-electron chi connectivity index (χ3n) is 2.48. The number of thioether (sulfide) groups is 1. The standard InChI is InChI=1S/C11H21NOS/c1-2-14-7-3-6-12-11-5-4-10(8-11)9-13/h4-5,10-13H,2-3,6-9H2,1H3/t10-,11+/m0/s1. The number of aliphatic hydroxyl groups is 1. The molecular weight excluding hydrogens is 194 g/mol. The van der Waals surface area contributed by atoms with E-state index in [1.165, 1.54) is 17.9 Å². The van der Waals surface area contributed by atoms with Gasteiger partial charge in [-0.05, 0) is 30.9 Å². The SMILES string of the molecule is CCSCCCN[C@@H]1C=C[C@H](CO)C1. The molecule has 0 fully saturated rings. The number of hydrogen-bond acceptors (Lipinski definition) is 3. The zero-order valence-electron chi connectivity index (χ0n) is 8.91. The number of rotatable bonds is 7. The monoisotopic (exact) mass is 215 g/mol. The van der Waals surface area contributed by atoms with Crippen molar-refractivity contribution < 1.29 is 5.11 Å². The van der Waals surface area contributed by atoms with Gasteiger partial charge in [0.25, 0.3) is 0 Å². The van der Waals surface area contributed by atoms with Gasteiger partial charge in [-0.1, -0.05) is 19.1 Å². The lowest BCUT2D eigenvalue weighted by atomic mass is 10.1. The lowest BCUT2D eigenvalue weighted by Gasteiger charge is -2.12. The van der Waals surface area contributed by atoms with Crippen LogP contribution in [0, 0.1) is 5.92 Å². The summed E-state index contributed by atoms with van der Waals surface area (Å²) in [6.07, 6.45) is 6.62. The molecule has 0 amide bonds. The first kappa shape index (κ1) is 12.1. The second-order valence-corrected chi connectivity index (χ2v) is 5.07. The van der Waals surface area contributed by atoms with Gasteiger partial charge >= 0.3 is 0 Å². The molecule has 0 aliphatic heterocycles. The van der Waals surface area contributed by atoms with E-state index in [0.717, 1.165) is 13.0 Å². The van der Waals surface area contributed by atoms with Crippen LogP contribution in [0.15, 0.2) is 12.2 Å². The molecule has 82 valence electrons. The minimum atomic E-state index is 0.292. The third kappa shape index (κ3) is 4.49. The van der Waals surface area contributed by atoms with E-state index in [2.05, 4.69) is 24.4 Å². The van der Waals surface area contributed by atoms with Crippen LogP contribution in [0.4, 0.5) is 0 Å². The van der Waals surface area contributed by atoms with Gasteiger partial charge in [0.1, 0.15) is 0 Å². The molecular formula is C11H21NOS. The molecule has 1 rings (SSSR count). The van der Waals surface area contributed by atoms with E-state index >= 15 is 0 Å². The van der Waals surface area contributed by atoms with Crippen molar-refractivity contribution in [2.45, 2.75) is 25.8 Å². The van der Waals surface area contributed by atoms with Gasteiger partial charge in [-0.15, -0.1) is 0 Å². The van der Waals surface area contributed by atoms with Gasteiger partial charge in [-0.2, -0.15) is 11.8 Å². The molecule has 0 heterocycles. The Morgan fingerprint density at radius 3 is 3.00 bits per heavy atom. The highest BCUT2D eigenvalue weighted by molar-refractivity contribution is 7.99. The molecule has 0 bridgehead atoms. The van der Waals surface area contributed by atoms with E-state index in [-0.39, 0.29) is 0 Å². The van der Waals surface area contributed by atoms with Crippen LogP contribution in [0.5, 0.6) is 0 Å². The van der Waals surface area contributed by atoms with Crippen LogP contribution < -0.4 is 5.32 Å². The highest BCUT2D eigenvalue weighted by Crippen LogP contribution is 2.16. The fourth-order valence-corrected chi connectivity index (χ4v) is 2.30. The molecule has 0 aromatic heterocycles. The highest BCUT2D eigenvalue weighted by Gasteiger charge is 2.16. The molecule has 2 nitrogen and oxygen atoms in total. The van der Waals surface area contributed by atoms with Gasteiger partial charge < -0.3 is 10.4 Å². The molecule has 0 unspecified atom stereocenters. The summed E-state index contributed by atoms with van der Waals surface area (Å²) in [7, 11) is 0. The van der Waals surface area contributed by atoms with Gasteiger partial charge in [-0.25, -0.2) is 0 Å². The van der Waals surface area contributed by atoms with Gasteiger partial charge in [0.15, 0.2) is 0 Å². The Bertz CT molecular complexity index is 173. The average Bonchev–Trinajstić information content (AvgIpc) is 2.65. The summed E-state index contributed by atoms with van der Waals surface area (Å²) < 4.78 is 0. The van der Waals surface area contributed by atoms with Gasteiger partial charge in [0.05, 0.1) is 0 Å². The van der Waals surface area contributed by atoms with Crippen LogP contribution in [0.1, 0.15) is 19.8 Å². The Kier molecular flexibility index (Phi) is 6.32. The average molecular weight is 215 g/mol. The predicted molar refractivity (Wildman–Crippen MR) is 63.7 cm³/mol. The highest BCUT2D eigenvalue weighted by atomic mass is 32.2. The van der Waals surface area contributed by atoms with Crippen molar-refractivity contribution in [3.05, 3.63) is 12.2 Å². The van der Waals surface area contributed by atoms with E-state index < -0.39 is 0 Å². The van der Waals surface area contributed by atoms with Crippen LogP contribution in [0.2, 0.25) is 0 Å². The van der Waals surface area contributed by atoms with E-state index in [0.29, 0.717) is 18.6 Å². The molecule has 0 saturated carbocycles. The van der Waals surface area contributed by atoms with E-state index in [1.807, 2.05) is 11.8 Å². The molecule has 0 aromatic rings. The Morgan fingerprint density at radius 2 is 2.36 bits per heavy atom. The molecule has 0 radical (unpaired) electrons. The molecule has 1 aliphatic rings. The van der Waals surface area contributed by atoms with Gasteiger partial charge in [0.2, 0.25) is 0 Å². The maximum Gasteiger partial charge on any atom is 0.0494 e. The molecule has 0 saturated heterocycles. The van der Waals surface area contributed by atoms with Crippen LogP contribution in [-0.4, -0.2) is 35.8 Å². The van der Waals surface area contributed by atoms with E-state index in [4.69, 9.17) is 5.11 Å². The minimum Gasteiger partial charge on any atom is -0.396 e. The predicted octanol–water partition coefficient (Wildman–Crippen LogP) is 1.66. The van der Waals surface area contributed by atoms with Crippen molar-refractivity contribution in [2.24, 2.45) is 5.92 Å². The Morgan fingerprint density at radius 1 is 1.50 bits per heavy atom. The molecule has 0 aromatic carbocycles. The molecule has 2 atom stereocenters. The first-order valence-corrected chi connectivity index (χ1v) is 6.62. The molecule has 0 spiro atoms. The van der Waals surface area contributed by atoms with Crippen molar-refractivity contribution in [2.75, 3.05) is 24.7 Å². The first-order valence-electron chi connectivity index (χ1n) is 5.47. The second kappa shape index (κ2) is 7.32. The van der Waals surface area contributed by atoms with Crippen LogP contribution in [0.3, 0.4) is 0 Å². The van der Waals surface area contributed by atoms with Crippen LogP contribution >= 0.6 is 11.8 Å². The van der Waals surface area contributed by atoms with Crippen molar-refractivity contribution in [3.8, 4) is 0 Å². The summed E-state index contributed by atoms with van der Waals surface area (Å²) in [4.78, 5) is 0. The number of hydrogen-bond donors (Lipinski definition) is 2. The fraction of sp³-hybridized carbons (Fsp3) is 0.818. The van der Waals surface area contributed by atoms with Crippen molar-refractivity contribution in [1.29, 1.82) is 0 Å². The van der Waals surface area contributed by atoms with Crippen LogP contribution in [-0.2, 0) is 0 Å². The first-order chi connectivity index (χ1) is 6.86. The summed E-state index contributed by atoms with van der Waals surface area (Å²) >= 11 is 2.00. The summed E-state index contributed by atoms with van der Waals surface area (Å²) in [5.74, 6) is 2.86. The lowest BCUT2D eigenvalue weighted by Crippen LogP contribution is -2.27. The molecule has 3 heteroatoms. The minimum absolute atomic E-state index is 0.292. The zero-order chi connectivity index (χ0) is 10.2. The lowest BCUT2D eigenvalue weighted by molar-refractivity contribution is 0.246. The Labute approximate surface area is 91.2 Å². The Hall–Kier alpha value is 0.01000. The quantitative estimate of drug-likeness (QED) is 0.500. The zero-order valence-corrected chi connectivity index (χ0v) is 9.72. The van der Waals surface area contributed by atoms with Crippen molar-refractivity contribution in [3.63, 3.8) is 0 Å². The maximum atomic E-state index is 8.94. The van der Waals surface area contributed by atoms with Gasteiger partial charge in [0, 0.05) is 18.6 Å². The van der Waals surface area contributed by atoms with Crippen LogP contribution in [0.25, 0.3) is 0 Å². The summed E-state index contributed by atoms with van der Waals surface area (Å²) in [6.45, 7) is 3.59. The fourth-order valence-electron chi connectivity index (χ4n) is 1.67. The topological polar surface area (TPSA) is 32.3 Å². The van der Waals surface area contributed by atoms with E-state index in [9.17, 15) is 0 Å². The van der Waals surface area contributed by atoms with Gasteiger partial charge in [-0.3, -0.25) is 0 Å². The molecule has 14 heavy (non-hydrogen) atoms. The summed E-state index contributed by atoms with van der Waals surface area (Å²) in [5, 5.41) is 12.4.